The van der Waals surface area contributed by atoms with Gasteiger partial charge >= 0.3 is 0 Å². The zero-order valence-electron chi connectivity index (χ0n) is 15.9. The third kappa shape index (κ3) is 5.18. The largest absolute Gasteiger partial charge is 0.352 e. The van der Waals surface area contributed by atoms with E-state index in [1.54, 1.807) is 0 Å². The highest BCUT2D eigenvalue weighted by Gasteiger charge is 2.28. The lowest BCUT2D eigenvalue weighted by Crippen LogP contribution is -2.38. The Morgan fingerprint density at radius 2 is 1.63 bits per heavy atom. The molecule has 4 heteroatoms. The van der Waals surface area contributed by atoms with Crippen molar-refractivity contribution < 1.29 is 4.79 Å². The molecule has 1 aliphatic heterocycles. The second kappa shape index (κ2) is 8.68. The van der Waals surface area contributed by atoms with Gasteiger partial charge in [0, 0.05) is 19.1 Å². The Kier molecular flexibility index (Phi) is 5.85. The minimum Gasteiger partial charge on any atom is -0.352 e. The van der Waals surface area contributed by atoms with Crippen LogP contribution in [0.5, 0.6) is 0 Å². The summed E-state index contributed by atoms with van der Waals surface area (Å²) < 4.78 is 0. The van der Waals surface area contributed by atoms with Crippen LogP contribution in [0.3, 0.4) is 0 Å². The van der Waals surface area contributed by atoms with Gasteiger partial charge in [-0.25, -0.2) is 0 Å². The second-order valence-electron chi connectivity index (χ2n) is 7.81. The quantitative estimate of drug-likeness (QED) is 0.756. The summed E-state index contributed by atoms with van der Waals surface area (Å²) >= 11 is 0. The molecule has 1 aliphatic carbocycles. The molecule has 1 saturated carbocycles. The summed E-state index contributed by atoms with van der Waals surface area (Å²) in [7, 11) is 0. The smallest absolute Gasteiger partial charge is 0.241 e. The summed E-state index contributed by atoms with van der Waals surface area (Å²) in [6.07, 6.45) is 4.86. The van der Waals surface area contributed by atoms with Gasteiger partial charge in [0.25, 0.3) is 0 Å². The van der Waals surface area contributed by atoms with Gasteiger partial charge in [-0.1, -0.05) is 54.6 Å². The minimum atomic E-state index is -0.309. The molecule has 0 spiro atoms. The first-order chi connectivity index (χ1) is 13.3. The fourth-order valence-corrected chi connectivity index (χ4v) is 3.70. The van der Waals surface area contributed by atoms with E-state index in [1.807, 2.05) is 30.3 Å². The molecule has 2 aromatic carbocycles. The number of carbonyl (C=O) groups excluding carboxylic acids is 1. The van der Waals surface area contributed by atoms with Crippen molar-refractivity contribution in [3.05, 3.63) is 71.3 Å². The standard InChI is InChI=1S/C23H29N3O/c27-23(25-21-12-13-21)22(20-6-2-1-3-7-20)24-16-18-8-10-19(11-9-18)17-26-14-4-5-15-26/h1-3,6-11,21-22,24H,4-5,12-17H2,(H,25,27). The highest BCUT2D eigenvalue weighted by atomic mass is 16.2. The van der Waals surface area contributed by atoms with Crippen LogP contribution in [0.25, 0.3) is 0 Å². The van der Waals surface area contributed by atoms with Gasteiger partial charge in [-0.05, 0) is 55.5 Å². The van der Waals surface area contributed by atoms with Gasteiger partial charge < -0.3 is 5.32 Å². The van der Waals surface area contributed by atoms with E-state index in [1.165, 1.54) is 37.1 Å². The van der Waals surface area contributed by atoms with Gasteiger partial charge in [-0.3, -0.25) is 15.0 Å². The van der Waals surface area contributed by atoms with Crippen molar-refractivity contribution in [3.8, 4) is 0 Å². The number of nitrogens with zero attached hydrogens (tertiary/aromatic N) is 1. The van der Waals surface area contributed by atoms with E-state index in [0.717, 1.165) is 24.9 Å². The van der Waals surface area contributed by atoms with Crippen molar-refractivity contribution in [2.24, 2.45) is 0 Å². The molecule has 1 saturated heterocycles. The number of likely N-dealkylation sites (tertiary alicyclic amines) is 1. The Bertz CT molecular complexity index is 734. The molecule has 4 nitrogen and oxygen atoms in total. The molecule has 2 fully saturated rings. The highest BCUT2D eigenvalue weighted by Crippen LogP contribution is 2.21. The molecule has 2 aromatic rings. The predicted octanol–water partition coefficient (Wildman–Crippen LogP) is 3.39. The van der Waals surface area contributed by atoms with Crippen molar-refractivity contribution in [1.82, 2.24) is 15.5 Å². The number of amides is 1. The zero-order valence-corrected chi connectivity index (χ0v) is 15.9. The Balaban J connectivity index is 1.37. The van der Waals surface area contributed by atoms with Gasteiger partial charge in [0.15, 0.2) is 0 Å². The van der Waals surface area contributed by atoms with Crippen LogP contribution in [0.2, 0.25) is 0 Å². The number of hydrogen-bond acceptors (Lipinski definition) is 3. The van der Waals surface area contributed by atoms with Crippen LogP contribution in [0.1, 0.15) is 48.4 Å². The van der Waals surface area contributed by atoms with E-state index in [0.29, 0.717) is 12.6 Å². The Hall–Kier alpha value is -2.17. The van der Waals surface area contributed by atoms with Gasteiger partial charge in [-0.2, -0.15) is 0 Å². The first-order valence-electron chi connectivity index (χ1n) is 10.2. The van der Waals surface area contributed by atoms with Crippen LogP contribution < -0.4 is 10.6 Å². The zero-order chi connectivity index (χ0) is 18.5. The Morgan fingerprint density at radius 1 is 0.963 bits per heavy atom. The van der Waals surface area contributed by atoms with E-state index >= 15 is 0 Å². The molecule has 0 radical (unpaired) electrons. The molecule has 1 amide bonds. The van der Waals surface area contributed by atoms with Crippen LogP contribution in [0.15, 0.2) is 54.6 Å². The molecule has 2 N–H and O–H groups in total. The van der Waals surface area contributed by atoms with Crippen LogP contribution in [-0.4, -0.2) is 29.9 Å². The van der Waals surface area contributed by atoms with Crippen LogP contribution in [0.4, 0.5) is 0 Å². The van der Waals surface area contributed by atoms with Crippen molar-refractivity contribution in [1.29, 1.82) is 0 Å². The van der Waals surface area contributed by atoms with Crippen molar-refractivity contribution >= 4 is 5.91 Å². The summed E-state index contributed by atoms with van der Waals surface area (Å²) in [5.74, 6) is 0.0781. The lowest BCUT2D eigenvalue weighted by atomic mass is 10.1. The molecular weight excluding hydrogens is 334 g/mol. The summed E-state index contributed by atoms with van der Waals surface area (Å²) in [5, 5.41) is 6.59. The molecule has 27 heavy (non-hydrogen) atoms. The maximum atomic E-state index is 12.7. The maximum absolute atomic E-state index is 12.7. The van der Waals surface area contributed by atoms with Gasteiger partial charge in [0.2, 0.25) is 5.91 Å². The molecule has 142 valence electrons. The van der Waals surface area contributed by atoms with E-state index in [9.17, 15) is 4.79 Å². The molecule has 1 heterocycles. The topological polar surface area (TPSA) is 44.4 Å². The average Bonchev–Trinajstić information content (AvgIpc) is 3.36. The lowest BCUT2D eigenvalue weighted by Gasteiger charge is -2.19. The van der Waals surface area contributed by atoms with Crippen molar-refractivity contribution in [2.75, 3.05) is 13.1 Å². The number of rotatable bonds is 8. The van der Waals surface area contributed by atoms with Crippen LogP contribution in [0, 0.1) is 0 Å². The SMILES string of the molecule is O=C(NC1CC1)C(NCc1ccc(CN2CCCC2)cc1)c1ccccc1. The van der Waals surface area contributed by atoms with E-state index < -0.39 is 0 Å². The first-order valence-corrected chi connectivity index (χ1v) is 10.2. The van der Waals surface area contributed by atoms with Crippen molar-refractivity contribution in [3.63, 3.8) is 0 Å². The van der Waals surface area contributed by atoms with Gasteiger partial charge in [0.05, 0.1) is 0 Å². The Labute approximate surface area is 162 Å². The third-order valence-corrected chi connectivity index (χ3v) is 5.46. The van der Waals surface area contributed by atoms with Gasteiger partial charge in [-0.15, -0.1) is 0 Å². The molecular formula is C23H29N3O. The predicted molar refractivity (Wildman–Crippen MR) is 108 cm³/mol. The lowest BCUT2D eigenvalue weighted by molar-refractivity contribution is -0.123. The maximum Gasteiger partial charge on any atom is 0.241 e. The van der Waals surface area contributed by atoms with Crippen LogP contribution >= 0.6 is 0 Å². The fraction of sp³-hybridized carbons (Fsp3) is 0.435. The van der Waals surface area contributed by atoms with Gasteiger partial charge in [0.1, 0.15) is 6.04 Å². The number of hydrogen-bond donors (Lipinski definition) is 2. The number of nitrogens with one attached hydrogen (secondary N) is 2. The normalized spacial score (nSPS) is 18.4. The van der Waals surface area contributed by atoms with Crippen LogP contribution in [-0.2, 0) is 17.9 Å². The summed E-state index contributed by atoms with van der Waals surface area (Å²) in [5.41, 5.74) is 3.59. The number of benzene rings is 2. The molecule has 0 bridgehead atoms. The molecule has 2 aliphatic rings. The van der Waals surface area contributed by atoms with Crippen molar-refractivity contribution in [2.45, 2.75) is 50.9 Å². The van der Waals surface area contributed by atoms with E-state index in [2.05, 4.69) is 39.8 Å². The minimum absolute atomic E-state index is 0.0781. The molecule has 4 rings (SSSR count). The average molecular weight is 364 g/mol. The molecule has 1 unspecified atom stereocenters. The first kappa shape index (κ1) is 18.2. The highest BCUT2D eigenvalue weighted by molar-refractivity contribution is 5.83. The van der Waals surface area contributed by atoms with E-state index in [-0.39, 0.29) is 11.9 Å². The molecule has 0 aromatic heterocycles. The summed E-state index contributed by atoms with van der Waals surface area (Å²) in [6, 6.07) is 18.9. The van der Waals surface area contributed by atoms with E-state index in [4.69, 9.17) is 0 Å². The number of carbonyl (C=O) groups is 1. The summed E-state index contributed by atoms with van der Waals surface area (Å²) in [4.78, 5) is 15.2. The molecule has 1 atom stereocenters. The third-order valence-electron chi connectivity index (χ3n) is 5.46. The fourth-order valence-electron chi connectivity index (χ4n) is 3.70. The Morgan fingerprint density at radius 3 is 2.30 bits per heavy atom. The summed E-state index contributed by atoms with van der Waals surface area (Å²) in [6.45, 7) is 4.17. The monoisotopic (exact) mass is 363 g/mol. The second-order valence-corrected chi connectivity index (χ2v) is 7.81.